The van der Waals surface area contributed by atoms with Gasteiger partial charge in [-0.3, -0.25) is 14.9 Å². The number of aromatic nitrogens is 1. The van der Waals surface area contributed by atoms with Crippen molar-refractivity contribution < 1.29 is 9.72 Å². The van der Waals surface area contributed by atoms with Crippen molar-refractivity contribution in [1.82, 2.24) is 4.57 Å². The van der Waals surface area contributed by atoms with E-state index in [9.17, 15) is 14.9 Å². The first-order valence-corrected chi connectivity index (χ1v) is 8.96. The molecule has 0 aliphatic heterocycles. The van der Waals surface area contributed by atoms with Crippen LogP contribution >= 0.6 is 11.3 Å². The molecule has 0 fully saturated rings. The summed E-state index contributed by atoms with van der Waals surface area (Å²) in [7, 11) is 0. The van der Waals surface area contributed by atoms with Gasteiger partial charge in [-0.25, -0.2) is 4.99 Å². The summed E-state index contributed by atoms with van der Waals surface area (Å²) in [6, 6.07) is 13.7. The van der Waals surface area contributed by atoms with Gasteiger partial charge in [0, 0.05) is 35.2 Å². The van der Waals surface area contributed by atoms with Crippen LogP contribution in [0.25, 0.3) is 11.3 Å². The second-order valence-corrected chi connectivity index (χ2v) is 6.51. The Morgan fingerprint density at radius 2 is 2.00 bits per heavy atom. The van der Waals surface area contributed by atoms with Crippen molar-refractivity contribution in [2.45, 2.75) is 20.4 Å². The molecule has 3 aromatic rings. The number of carbonyl (C=O) groups is 1. The van der Waals surface area contributed by atoms with Crippen molar-refractivity contribution in [3.63, 3.8) is 0 Å². The molecule has 0 bridgehead atoms. The van der Waals surface area contributed by atoms with Gasteiger partial charge < -0.3 is 4.57 Å². The molecule has 0 saturated heterocycles. The molecule has 0 N–H and O–H groups in total. The van der Waals surface area contributed by atoms with E-state index in [2.05, 4.69) is 4.99 Å². The lowest BCUT2D eigenvalue weighted by molar-refractivity contribution is -0.384. The molecule has 0 aliphatic rings. The molecule has 0 amide bonds. The fourth-order valence-corrected chi connectivity index (χ4v) is 3.63. The normalized spacial score (nSPS) is 11.5. The van der Waals surface area contributed by atoms with Gasteiger partial charge in [0.15, 0.2) is 10.6 Å². The quantitative estimate of drug-likeness (QED) is 0.376. The van der Waals surface area contributed by atoms with E-state index in [0.29, 0.717) is 17.8 Å². The van der Waals surface area contributed by atoms with E-state index in [1.54, 1.807) is 30.3 Å². The third kappa shape index (κ3) is 3.62. The molecule has 0 spiro atoms. The molecule has 0 unspecified atom stereocenters. The summed E-state index contributed by atoms with van der Waals surface area (Å²) in [5.74, 6) is -0.00567. The van der Waals surface area contributed by atoms with Crippen molar-refractivity contribution in [3.8, 4) is 11.3 Å². The molecule has 7 heteroatoms. The number of rotatable bonds is 5. The van der Waals surface area contributed by atoms with Gasteiger partial charge >= 0.3 is 0 Å². The predicted octanol–water partition coefficient (Wildman–Crippen LogP) is 4.58. The smallest absolute Gasteiger partial charge is 0.270 e. The third-order valence-corrected chi connectivity index (χ3v) is 4.81. The Balaban J connectivity index is 2.09. The van der Waals surface area contributed by atoms with Gasteiger partial charge in [-0.05, 0) is 26.0 Å². The zero-order valence-corrected chi connectivity index (χ0v) is 15.2. The van der Waals surface area contributed by atoms with Crippen LogP contribution in [-0.4, -0.2) is 15.3 Å². The van der Waals surface area contributed by atoms with Gasteiger partial charge in [0.1, 0.15) is 0 Å². The maximum Gasteiger partial charge on any atom is 0.270 e. The molecule has 1 aromatic heterocycles. The Hall–Kier alpha value is -3.06. The van der Waals surface area contributed by atoms with E-state index in [1.165, 1.54) is 24.3 Å². The Labute approximate surface area is 154 Å². The summed E-state index contributed by atoms with van der Waals surface area (Å²) >= 11 is 1.46. The first-order valence-electron chi connectivity index (χ1n) is 8.08. The molecule has 132 valence electrons. The van der Waals surface area contributed by atoms with Gasteiger partial charge in [-0.15, -0.1) is 11.3 Å². The van der Waals surface area contributed by atoms with Gasteiger partial charge in [0.25, 0.3) is 5.69 Å². The second kappa shape index (κ2) is 7.45. The summed E-state index contributed by atoms with van der Waals surface area (Å²) in [5.41, 5.74) is 3.03. The molecule has 1 heterocycles. The predicted molar refractivity (Wildman–Crippen MR) is 102 cm³/mol. The minimum Gasteiger partial charge on any atom is -0.317 e. The molecule has 0 aliphatic carbocycles. The summed E-state index contributed by atoms with van der Waals surface area (Å²) in [5, 5.41) is 13.0. The lowest BCUT2D eigenvalue weighted by Gasteiger charge is -2.06. The number of hydrogen-bond acceptors (Lipinski definition) is 5. The largest absolute Gasteiger partial charge is 0.317 e. The topological polar surface area (TPSA) is 77.5 Å². The van der Waals surface area contributed by atoms with Gasteiger partial charge in [0.2, 0.25) is 0 Å². The van der Waals surface area contributed by atoms with Crippen LogP contribution in [0.5, 0.6) is 0 Å². The van der Waals surface area contributed by atoms with Crippen molar-refractivity contribution in [2.75, 3.05) is 0 Å². The van der Waals surface area contributed by atoms with E-state index in [1.807, 2.05) is 29.0 Å². The monoisotopic (exact) mass is 367 g/mol. The fraction of sp³-hybridized carbons (Fsp3) is 0.158. The van der Waals surface area contributed by atoms with E-state index in [4.69, 9.17) is 0 Å². The highest BCUT2D eigenvalue weighted by Gasteiger charge is 2.11. The lowest BCUT2D eigenvalue weighted by atomic mass is 10.1. The SMILES string of the molecule is CCn1c(-c2cccc([N+](=O)[O-])c2)csc1=Nc1cccc(C(C)=O)c1. The zero-order chi connectivity index (χ0) is 18.7. The number of non-ortho nitro benzene ring substituents is 1. The average molecular weight is 367 g/mol. The molecule has 2 aromatic carbocycles. The van der Waals surface area contributed by atoms with E-state index >= 15 is 0 Å². The van der Waals surface area contributed by atoms with Crippen molar-refractivity contribution in [2.24, 2.45) is 4.99 Å². The number of benzene rings is 2. The number of Topliss-reactive ketones (excluding diaryl/α,β-unsaturated/α-hetero) is 1. The summed E-state index contributed by atoms with van der Waals surface area (Å²) in [4.78, 5) is 27.6. The summed E-state index contributed by atoms with van der Waals surface area (Å²) in [6.07, 6.45) is 0. The molecule has 6 nitrogen and oxygen atoms in total. The van der Waals surface area contributed by atoms with Crippen LogP contribution in [0.1, 0.15) is 24.2 Å². The van der Waals surface area contributed by atoms with E-state index < -0.39 is 4.92 Å². The Kier molecular flexibility index (Phi) is 5.09. The molecule has 0 radical (unpaired) electrons. The lowest BCUT2D eigenvalue weighted by Crippen LogP contribution is -2.14. The molecular formula is C19H17N3O3S. The van der Waals surface area contributed by atoms with Crippen LogP contribution in [-0.2, 0) is 6.54 Å². The number of thiazole rings is 1. The molecular weight excluding hydrogens is 350 g/mol. The highest BCUT2D eigenvalue weighted by atomic mass is 32.1. The number of nitrogens with zero attached hydrogens (tertiary/aromatic N) is 3. The Morgan fingerprint density at radius 3 is 2.69 bits per heavy atom. The molecule has 0 atom stereocenters. The van der Waals surface area contributed by atoms with Crippen molar-refractivity contribution in [1.29, 1.82) is 0 Å². The van der Waals surface area contributed by atoms with E-state index in [-0.39, 0.29) is 11.5 Å². The van der Waals surface area contributed by atoms with Crippen LogP contribution < -0.4 is 4.80 Å². The minimum atomic E-state index is -0.398. The van der Waals surface area contributed by atoms with Crippen LogP contribution in [0.15, 0.2) is 58.9 Å². The second-order valence-electron chi connectivity index (χ2n) is 5.67. The number of nitro groups is 1. The number of nitro benzene ring substituents is 1. The summed E-state index contributed by atoms with van der Waals surface area (Å²) in [6.45, 7) is 4.20. The molecule has 3 rings (SSSR count). The fourth-order valence-electron chi connectivity index (χ4n) is 2.64. The van der Waals surface area contributed by atoms with Crippen molar-refractivity contribution in [3.05, 3.63) is 74.4 Å². The van der Waals surface area contributed by atoms with Crippen LogP contribution in [0.2, 0.25) is 0 Å². The Morgan fingerprint density at radius 1 is 1.23 bits per heavy atom. The number of hydrogen-bond donors (Lipinski definition) is 0. The van der Waals surface area contributed by atoms with Crippen LogP contribution in [0, 0.1) is 10.1 Å². The first kappa shape index (κ1) is 17.8. The van der Waals surface area contributed by atoms with Crippen LogP contribution in [0.4, 0.5) is 11.4 Å². The van der Waals surface area contributed by atoms with Gasteiger partial charge in [-0.2, -0.15) is 0 Å². The Bertz CT molecular complexity index is 1050. The maximum atomic E-state index is 11.5. The standard InChI is InChI=1S/C19H17N3O3S/c1-3-21-18(15-7-5-9-17(11-15)22(24)25)12-26-19(21)20-16-8-4-6-14(10-16)13(2)23/h4-12H,3H2,1-2H3. The molecule has 26 heavy (non-hydrogen) atoms. The first-order chi connectivity index (χ1) is 12.5. The van der Waals surface area contributed by atoms with Crippen molar-refractivity contribution >= 4 is 28.5 Å². The van der Waals surface area contributed by atoms with Gasteiger partial charge in [-0.1, -0.05) is 24.3 Å². The number of carbonyl (C=O) groups excluding carboxylic acids is 1. The number of ketones is 1. The molecule has 0 saturated carbocycles. The maximum absolute atomic E-state index is 11.5. The minimum absolute atomic E-state index is 0.00567. The third-order valence-electron chi connectivity index (χ3n) is 3.94. The highest BCUT2D eigenvalue weighted by Crippen LogP contribution is 2.25. The summed E-state index contributed by atoms with van der Waals surface area (Å²) < 4.78 is 2.00. The average Bonchev–Trinajstić information content (AvgIpc) is 3.04. The highest BCUT2D eigenvalue weighted by molar-refractivity contribution is 7.07. The van der Waals surface area contributed by atoms with Gasteiger partial charge in [0.05, 0.1) is 16.3 Å². The van der Waals surface area contributed by atoms with E-state index in [0.717, 1.165) is 16.1 Å². The van der Waals surface area contributed by atoms with Crippen LogP contribution in [0.3, 0.4) is 0 Å². The zero-order valence-electron chi connectivity index (χ0n) is 14.4.